The van der Waals surface area contributed by atoms with Gasteiger partial charge in [0.25, 0.3) is 0 Å². The van der Waals surface area contributed by atoms with Crippen molar-refractivity contribution in [2.75, 3.05) is 11.6 Å². The van der Waals surface area contributed by atoms with Crippen LogP contribution in [0.4, 0.5) is 0 Å². The van der Waals surface area contributed by atoms with Crippen LogP contribution < -0.4 is 0 Å². The Balaban J connectivity index is 2.62. The van der Waals surface area contributed by atoms with E-state index < -0.39 is 0 Å². The van der Waals surface area contributed by atoms with Crippen LogP contribution in [-0.4, -0.2) is 21.6 Å². The normalized spacial score (nSPS) is 12.9. The zero-order chi connectivity index (χ0) is 10.6. The molecule has 1 heterocycles. The lowest BCUT2D eigenvalue weighted by molar-refractivity contribution is 0.757. The summed E-state index contributed by atoms with van der Waals surface area (Å²) < 4.78 is 0. The zero-order valence-corrected chi connectivity index (χ0v) is 10.3. The molecule has 78 valence electrons. The molecule has 1 aromatic heterocycles. The molecule has 0 saturated carbocycles. The molecule has 1 aromatic rings. The molecule has 0 amide bonds. The van der Waals surface area contributed by atoms with Crippen molar-refractivity contribution in [1.82, 2.24) is 9.97 Å². The summed E-state index contributed by atoms with van der Waals surface area (Å²) in [5.74, 6) is 2.22. The van der Waals surface area contributed by atoms with Crippen LogP contribution >= 0.6 is 23.4 Å². The number of rotatable bonds is 4. The van der Waals surface area contributed by atoms with E-state index in [9.17, 15) is 0 Å². The maximum absolute atomic E-state index is 5.74. The predicted octanol–water partition coefficient (Wildman–Crippen LogP) is 3.06. The van der Waals surface area contributed by atoms with Crippen LogP contribution in [-0.2, 0) is 0 Å². The Labute approximate surface area is 94.5 Å². The quantitative estimate of drug-likeness (QED) is 0.587. The molecule has 2 nitrogen and oxygen atoms in total. The Kier molecular flexibility index (Phi) is 4.69. The molecule has 0 aliphatic rings. The molecule has 1 atom stereocenters. The number of halogens is 1. The first kappa shape index (κ1) is 11.8. The number of hydrogen-bond acceptors (Lipinski definition) is 3. The maximum atomic E-state index is 5.74. The van der Waals surface area contributed by atoms with Crippen LogP contribution in [0.25, 0.3) is 0 Å². The fourth-order valence-corrected chi connectivity index (χ4v) is 2.19. The summed E-state index contributed by atoms with van der Waals surface area (Å²) in [4.78, 5) is 8.70. The van der Waals surface area contributed by atoms with Crippen molar-refractivity contribution >= 4 is 23.4 Å². The first-order valence-corrected chi connectivity index (χ1v) is 6.14. The highest BCUT2D eigenvalue weighted by atomic mass is 35.5. The Hall–Kier alpha value is -0.280. The Bertz CT molecular complexity index is 304. The zero-order valence-electron chi connectivity index (χ0n) is 8.75. The van der Waals surface area contributed by atoms with E-state index in [-0.39, 0.29) is 0 Å². The van der Waals surface area contributed by atoms with Gasteiger partial charge in [-0.05, 0) is 19.8 Å². The van der Waals surface area contributed by atoms with Crippen LogP contribution in [0.2, 0.25) is 0 Å². The van der Waals surface area contributed by atoms with E-state index in [1.165, 1.54) is 0 Å². The monoisotopic (exact) mass is 230 g/mol. The van der Waals surface area contributed by atoms with Crippen molar-refractivity contribution in [2.24, 2.45) is 5.92 Å². The summed E-state index contributed by atoms with van der Waals surface area (Å²) in [7, 11) is 0. The predicted molar refractivity (Wildman–Crippen MR) is 62.1 cm³/mol. The van der Waals surface area contributed by atoms with Gasteiger partial charge in [0.15, 0.2) is 0 Å². The van der Waals surface area contributed by atoms with Gasteiger partial charge in [-0.15, -0.1) is 23.4 Å². The second-order valence-corrected chi connectivity index (χ2v) is 4.79. The Morgan fingerprint density at radius 2 is 2.21 bits per heavy atom. The van der Waals surface area contributed by atoms with Gasteiger partial charge >= 0.3 is 0 Å². The van der Waals surface area contributed by atoms with E-state index in [0.29, 0.717) is 11.8 Å². The van der Waals surface area contributed by atoms with Crippen molar-refractivity contribution in [1.29, 1.82) is 0 Å². The average molecular weight is 231 g/mol. The molecular formula is C10H15ClN2S. The molecule has 0 spiro atoms. The van der Waals surface area contributed by atoms with E-state index in [2.05, 4.69) is 16.9 Å². The number of hydrogen-bond donors (Lipinski definition) is 0. The third kappa shape index (κ3) is 3.46. The van der Waals surface area contributed by atoms with Gasteiger partial charge in [0.2, 0.25) is 0 Å². The summed E-state index contributed by atoms with van der Waals surface area (Å²) in [5, 5.41) is 1.03. The topological polar surface area (TPSA) is 25.8 Å². The molecule has 0 saturated heterocycles. The van der Waals surface area contributed by atoms with Gasteiger partial charge in [0, 0.05) is 17.8 Å². The van der Waals surface area contributed by atoms with Gasteiger partial charge < -0.3 is 0 Å². The molecule has 1 rings (SSSR count). The number of thioether (sulfide) groups is 1. The molecule has 4 heteroatoms. The molecular weight excluding hydrogens is 216 g/mol. The number of aryl methyl sites for hydroxylation is 2. The van der Waals surface area contributed by atoms with E-state index in [1.807, 2.05) is 13.8 Å². The fourth-order valence-electron chi connectivity index (χ4n) is 0.918. The molecule has 0 aliphatic heterocycles. The number of alkyl halides is 1. The molecule has 1 unspecified atom stereocenters. The third-order valence-electron chi connectivity index (χ3n) is 1.80. The number of aromatic nitrogens is 2. The van der Waals surface area contributed by atoms with E-state index in [0.717, 1.165) is 22.2 Å². The van der Waals surface area contributed by atoms with Gasteiger partial charge in [0.05, 0.1) is 11.4 Å². The average Bonchev–Trinajstić information content (AvgIpc) is 2.19. The summed E-state index contributed by atoms with van der Waals surface area (Å²) >= 11 is 7.48. The van der Waals surface area contributed by atoms with Crippen LogP contribution in [0.1, 0.15) is 18.3 Å². The van der Waals surface area contributed by atoms with E-state index in [4.69, 9.17) is 11.6 Å². The highest BCUT2D eigenvalue weighted by Crippen LogP contribution is 2.21. The molecule has 0 fully saturated rings. The SMILES string of the molecule is Cc1cnc(C)c(SCC(C)CCl)n1. The van der Waals surface area contributed by atoms with Gasteiger partial charge in [-0.2, -0.15) is 0 Å². The smallest absolute Gasteiger partial charge is 0.118 e. The molecule has 0 bridgehead atoms. The second-order valence-electron chi connectivity index (χ2n) is 3.47. The molecule has 0 N–H and O–H groups in total. The second kappa shape index (κ2) is 5.56. The molecule has 0 radical (unpaired) electrons. The van der Waals surface area contributed by atoms with Gasteiger partial charge in [-0.1, -0.05) is 6.92 Å². The highest BCUT2D eigenvalue weighted by molar-refractivity contribution is 7.99. The minimum absolute atomic E-state index is 0.517. The summed E-state index contributed by atoms with van der Waals surface area (Å²) in [6.45, 7) is 6.08. The van der Waals surface area contributed by atoms with Crippen molar-refractivity contribution < 1.29 is 0 Å². The van der Waals surface area contributed by atoms with Crippen molar-refractivity contribution in [3.8, 4) is 0 Å². The molecule has 14 heavy (non-hydrogen) atoms. The first-order chi connectivity index (χ1) is 6.63. The highest BCUT2D eigenvalue weighted by Gasteiger charge is 2.06. The fraction of sp³-hybridized carbons (Fsp3) is 0.600. The summed E-state index contributed by atoms with van der Waals surface area (Å²) in [6.07, 6.45) is 1.80. The number of nitrogens with zero attached hydrogens (tertiary/aromatic N) is 2. The minimum atomic E-state index is 0.517. The van der Waals surface area contributed by atoms with E-state index in [1.54, 1.807) is 18.0 Å². The van der Waals surface area contributed by atoms with Gasteiger partial charge in [-0.25, -0.2) is 4.98 Å². The Morgan fingerprint density at radius 3 is 2.86 bits per heavy atom. The summed E-state index contributed by atoms with van der Waals surface area (Å²) in [5.41, 5.74) is 1.97. The Morgan fingerprint density at radius 1 is 1.50 bits per heavy atom. The van der Waals surface area contributed by atoms with E-state index >= 15 is 0 Å². The van der Waals surface area contributed by atoms with Gasteiger partial charge in [0.1, 0.15) is 5.03 Å². The van der Waals surface area contributed by atoms with Gasteiger partial charge in [-0.3, -0.25) is 4.98 Å². The summed E-state index contributed by atoms with van der Waals surface area (Å²) in [6, 6.07) is 0. The van der Waals surface area contributed by atoms with Crippen LogP contribution in [0, 0.1) is 19.8 Å². The molecule has 0 aromatic carbocycles. The van der Waals surface area contributed by atoms with Crippen LogP contribution in [0.3, 0.4) is 0 Å². The van der Waals surface area contributed by atoms with Crippen molar-refractivity contribution in [2.45, 2.75) is 25.8 Å². The third-order valence-corrected chi connectivity index (χ3v) is 3.72. The lowest BCUT2D eigenvalue weighted by Gasteiger charge is -2.08. The van der Waals surface area contributed by atoms with Crippen molar-refractivity contribution in [3.63, 3.8) is 0 Å². The van der Waals surface area contributed by atoms with Crippen molar-refractivity contribution in [3.05, 3.63) is 17.6 Å². The van der Waals surface area contributed by atoms with Crippen LogP contribution in [0.5, 0.6) is 0 Å². The largest absolute Gasteiger partial charge is 0.257 e. The van der Waals surface area contributed by atoms with Crippen LogP contribution in [0.15, 0.2) is 11.2 Å². The first-order valence-electron chi connectivity index (χ1n) is 4.62. The lowest BCUT2D eigenvalue weighted by Crippen LogP contribution is -2.01. The maximum Gasteiger partial charge on any atom is 0.118 e. The lowest BCUT2D eigenvalue weighted by atomic mass is 10.3. The molecule has 0 aliphatic carbocycles. The minimum Gasteiger partial charge on any atom is -0.257 e. The standard InChI is InChI=1S/C10H15ClN2S/c1-7(4-11)6-14-10-9(3)12-5-8(2)13-10/h5,7H,4,6H2,1-3H3.